The van der Waals surface area contributed by atoms with Crippen molar-refractivity contribution in [2.45, 2.75) is 19.9 Å². The fraction of sp³-hybridized carbons (Fsp3) is 0.500. The van der Waals surface area contributed by atoms with Crippen LogP contribution < -0.4 is 10.6 Å². The second kappa shape index (κ2) is 9.72. The first-order valence-corrected chi connectivity index (χ1v) is 7.42. The van der Waals surface area contributed by atoms with E-state index in [1.807, 2.05) is 13.0 Å². The van der Waals surface area contributed by atoms with Crippen LogP contribution in [0.4, 0.5) is 4.39 Å². The minimum absolute atomic E-state index is 0.260. The van der Waals surface area contributed by atoms with Crippen LogP contribution in [-0.2, 0) is 11.3 Å². The average molecular weight is 346 g/mol. The molecule has 4 nitrogen and oxygen atoms in total. The number of hydrogen-bond acceptors (Lipinski definition) is 2. The topological polar surface area (TPSA) is 45.6 Å². The first-order chi connectivity index (χ1) is 9.67. The lowest BCUT2D eigenvalue weighted by Crippen LogP contribution is -2.37. The molecule has 1 aromatic carbocycles. The van der Waals surface area contributed by atoms with Crippen LogP contribution in [0, 0.1) is 5.82 Å². The number of guanidine groups is 1. The van der Waals surface area contributed by atoms with Gasteiger partial charge in [0.2, 0.25) is 0 Å². The molecule has 0 saturated carbocycles. The lowest BCUT2D eigenvalue weighted by Gasteiger charge is -2.12. The Kier molecular flexibility index (Phi) is 8.22. The zero-order valence-electron chi connectivity index (χ0n) is 11.9. The predicted molar refractivity (Wildman–Crippen MR) is 83.4 cm³/mol. The molecule has 0 heterocycles. The van der Waals surface area contributed by atoms with Gasteiger partial charge in [-0.1, -0.05) is 6.07 Å². The summed E-state index contributed by atoms with van der Waals surface area (Å²) < 4.78 is 19.1. The second-order valence-corrected chi connectivity index (χ2v) is 5.01. The molecule has 2 N–H and O–H groups in total. The Labute approximate surface area is 127 Å². The highest BCUT2D eigenvalue weighted by Gasteiger charge is 2.02. The normalized spacial score (nSPS) is 11.5. The van der Waals surface area contributed by atoms with E-state index in [1.165, 1.54) is 6.07 Å². The van der Waals surface area contributed by atoms with Gasteiger partial charge in [-0.05, 0) is 47.0 Å². The summed E-state index contributed by atoms with van der Waals surface area (Å²) in [7, 11) is 1.71. The van der Waals surface area contributed by atoms with Crippen molar-refractivity contribution < 1.29 is 9.13 Å². The van der Waals surface area contributed by atoms with E-state index >= 15 is 0 Å². The van der Waals surface area contributed by atoms with Gasteiger partial charge in [-0.2, -0.15) is 0 Å². The van der Waals surface area contributed by atoms with Crippen molar-refractivity contribution in [2.24, 2.45) is 4.99 Å². The molecule has 1 aromatic rings. The molecule has 0 aliphatic heterocycles. The fourth-order valence-electron chi connectivity index (χ4n) is 1.58. The minimum atomic E-state index is -0.260. The van der Waals surface area contributed by atoms with Gasteiger partial charge in [0.05, 0.1) is 4.47 Å². The van der Waals surface area contributed by atoms with Gasteiger partial charge in [-0.3, -0.25) is 4.99 Å². The number of rotatable bonds is 7. The standard InChI is InChI=1S/C14H21BrFN3O/c1-3-20-8-4-7-18-14(17-2)19-10-11-5-6-12(15)13(16)9-11/h5-6,9H,3-4,7-8,10H2,1-2H3,(H2,17,18,19). The average Bonchev–Trinajstić information content (AvgIpc) is 2.45. The van der Waals surface area contributed by atoms with Crippen LogP contribution >= 0.6 is 15.9 Å². The van der Waals surface area contributed by atoms with E-state index in [0.717, 1.165) is 31.7 Å². The predicted octanol–water partition coefficient (Wildman–Crippen LogP) is 2.68. The zero-order valence-corrected chi connectivity index (χ0v) is 13.5. The number of benzene rings is 1. The van der Waals surface area contributed by atoms with Crippen LogP contribution in [0.2, 0.25) is 0 Å². The number of aliphatic imine (C=N–C) groups is 1. The van der Waals surface area contributed by atoms with Crippen LogP contribution in [0.25, 0.3) is 0 Å². The Hall–Kier alpha value is -1.14. The summed E-state index contributed by atoms with van der Waals surface area (Å²) in [5.74, 6) is 0.439. The summed E-state index contributed by atoms with van der Waals surface area (Å²) in [6.45, 7) is 4.76. The number of hydrogen-bond donors (Lipinski definition) is 2. The van der Waals surface area contributed by atoms with Crippen molar-refractivity contribution in [3.05, 3.63) is 34.1 Å². The summed E-state index contributed by atoms with van der Waals surface area (Å²) in [5.41, 5.74) is 0.864. The van der Waals surface area contributed by atoms with Gasteiger partial charge >= 0.3 is 0 Å². The van der Waals surface area contributed by atoms with Gasteiger partial charge in [0, 0.05) is 33.4 Å². The molecule has 6 heteroatoms. The van der Waals surface area contributed by atoms with Crippen molar-refractivity contribution in [3.8, 4) is 0 Å². The monoisotopic (exact) mass is 345 g/mol. The van der Waals surface area contributed by atoms with Gasteiger partial charge < -0.3 is 15.4 Å². The third-order valence-electron chi connectivity index (χ3n) is 2.63. The smallest absolute Gasteiger partial charge is 0.191 e. The molecule has 0 aliphatic rings. The van der Waals surface area contributed by atoms with E-state index in [0.29, 0.717) is 17.0 Å². The third-order valence-corrected chi connectivity index (χ3v) is 3.27. The molecule has 0 aromatic heterocycles. The summed E-state index contributed by atoms with van der Waals surface area (Å²) >= 11 is 3.13. The number of nitrogens with zero attached hydrogens (tertiary/aromatic N) is 1. The highest BCUT2D eigenvalue weighted by atomic mass is 79.9. The summed E-state index contributed by atoms with van der Waals surface area (Å²) in [5, 5.41) is 6.32. The van der Waals surface area contributed by atoms with Crippen molar-refractivity contribution in [3.63, 3.8) is 0 Å². The van der Waals surface area contributed by atoms with Gasteiger partial charge in [0.1, 0.15) is 5.82 Å². The molecular formula is C14H21BrFN3O. The SMILES string of the molecule is CCOCCCNC(=NC)NCc1ccc(Br)c(F)c1. The summed E-state index contributed by atoms with van der Waals surface area (Å²) in [4.78, 5) is 4.11. The lowest BCUT2D eigenvalue weighted by molar-refractivity contribution is 0.145. The van der Waals surface area contributed by atoms with E-state index in [9.17, 15) is 4.39 Å². The Morgan fingerprint density at radius 3 is 2.85 bits per heavy atom. The van der Waals surface area contributed by atoms with Crippen molar-refractivity contribution in [2.75, 3.05) is 26.8 Å². The minimum Gasteiger partial charge on any atom is -0.382 e. The molecule has 0 atom stereocenters. The largest absolute Gasteiger partial charge is 0.382 e. The van der Waals surface area contributed by atoms with Crippen molar-refractivity contribution >= 4 is 21.9 Å². The number of nitrogens with one attached hydrogen (secondary N) is 2. The highest BCUT2D eigenvalue weighted by Crippen LogP contribution is 2.16. The Bertz CT molecular complexity index is 440. The molecule has 0 spiro atoms. The maximum atomic E-state index is 13.4. The fourth-order valence-corrected chi connectivity index (χ4v) is 1.83. The van der Waals surface area contributed by atoms with E-state index in [2.05, 4.69) is 31.6 Å². The van der Waals surface area contributed by atoms with Crippen molar-refractivity contribution in [1.29, 1.82) is 0 Å². The van der Waals surface area contributed by atoms with Crippen LogP contribution in [0.1, 0.15) is 18.9 Å². The van der Waals surface area contributed by atoms with Crippen LogP contribution in [-0.4, -0.2) is 32.8 Å². The Morgan fingerprint density at radius 2 is 2.20 bits per heavy atom. The summed E-state index contributed by atoms with van der Waals surface area (Å²) in [6, 6.07) is 5.06. The number of ether oxygens (including phenoxy) is 1. The van der Waals surface area contributed by atoms with E-state index in [-0.39, 0.29) is 5.82 Å². The van der Waals surface area contributed by atoms with Crippen LogP contribution in [0.3, 0.4) is 0 Å². The van der Waals surface area contributed by atoms with E-state index in [4.69, 9.17) is 4.74 Å². The van der Waals surface area contributed by atoms with Crippen LogP contribution in [0.5, 0.6) is 0 Å². The Morgan fingerprint density at radius 1 is 1.40 bits per heavy atom. The molecule has 0 amide bonds. The number of halogens is 2. The third kappa shape index (κ3) is 6.34. The van der Waals surface area contributed by atoms with Crippen LogP contribution in [0.15, 0.2) is 27.7 Å². The molecule has 1 rings (SSSR count). The molecule has 20 heavy (non-hydrogen) atoms. The molecule has 0 unspecified atom stereocenters. The van der Waals surface area contributed by atoms with Crippen molar-refractivity contribution in [1.82, 2.24) is 10.6 Å². The molecule has 0 saturated heterocycles. The molecule has 112 valence electrons. The molecule has 0 aliphatic carbocycles. The van der Waals surface area contributed by atoms with Gasteiger partial charge in [0.15, 0.2) is 5.96 Å². The first kappa shape index (κ1) is 16.9. The summed E-state index contributed by atoms with van der Waals surface area (Å²) in [6.07, 6.45) is 0.918. The molecular weight excluding hydrogens is 325 g/mol. The second-order valence-electron chi connectivity index (χ2n) is 4.15. The molecule has 0 fully saturated rings. The lowest BCUT2D eigenvalue weighted by atomic mass is 10.2. The quantitative estimate of drug-likeness (QED) is 0.453. The maximum Gasteiger partial charge on any atom is 0.191 e. The van der Waals surface area contributed by atoms with Gasteiger partial charge in [-0.15, -0.1) is 0 Å². The van der Waals surface area contributed by atoms with Gasteiger partial charge in [0.25, 0.3) is 0 Å². The Balaban J connectivity index is 2.32. The van der Waals surface area contributed by atoms with E-state index in [1.54, 1.807) is 13.1 Å². The first-order valence-electron chi connectivity index (χ1n) is 6.63. The van der Waals surface area contributed by atoms with Gasteiger partial charge in [-0.25, -0.2) is 4.39 Å². The highest BCUT2D eigenvalue weighted by molar-refractivity contribution is 9.10. The maximum absolute atomic E-state index is 13.4. The van der Waals surface area contributed by atoms with E-state index < -0.39 is 0 Å². The molecule has 0 bridgehead atoms. The molecule has 0 radical (unpaired) electrons. The zero-order chi connectivity index (χ0) is 14.8.